The van der Waals surface area contributed by atoms with Crippen LogP contribution in [0.3, 0.4) is 0 Å². The predicted molar refractivity (Wildman–Crippen MR) is 116 cm³/mol. The highest BCUT2D eigenvalue weighted by molar-refractivity contribution is 6.58. The van der Waals surface area contributed by atoms with Gasteiger partial charge in [-0.15, -0.1) is 0 Å². The molecule has 0 bridgehead atoms. The Morgan fingerprint density at radius 3 is 2.14 bits per heavy atom. The van der Waals surface area contributed by atoms with Crippen molar-refractivity contribution in [2.75, 3.05) is 0 Å². The quantitative estimate of drug-likeness (QED) is 0.288. The lowest BCUT2D eigenvalue weighted by atomic mass is 9.77. The fourth-order valence-electron chi connectivity index (χ4n) is 5.54. The van der Waals surface area contributed by atoms with Crippen LogP contribution in [0.15, 0.2) is 18.2 Å². The molecule has 0 N–H and O–H groups in total. The zero-order valence-corrected chi connectivity index (χ0v) is 19.0. The van der Waals surface area contributed by atoms with E-state index >= 15 is 0 Å². The molecule has 0 aromatic heterocycles. The van der Waals surface area contributed by atoms with Gasteiger partial charge in [0.1, 0.15) is 0 Å². The molecule has 1 nitrogen and oxygen atoms in total. The summed E-state index contributed by atoms with van der Waals surface area (Å²) in [6, 6.07) is 9.15. The fourth-order valence-corrected chi connectivity index (χ4v) is 8.53. The number of hydrogen-bond donors (Lipinski definition) is 0. The van der Waals surface area contributed by atoms with E-state index in [0.717, 1.165) is 30.2 Å². The molecule has 0 atom stereocenters. The van der Waals surface area contributed by atoms with Gasteiger partial charge in [-0.05, 0) is 61.1 Å². The summed E-state index contributed by atoms with van der Waals surface area (Å²) in [6.45, 7) is -0.599. The Morgan fingerprint density at radius 1 is 0.966 bits per heavy atom. The Morgan fingerprint density at radius 2 is 1.59 bits per heavy atom. The Labute approximate surface area is 176 Å². The molecule has 0 radical (unpaired) electrons. The maximum Gasteiger partial charge on any atom is 0.387 e. The molecule has 5 heteroatoms. The zero-order chi connectivity index (χ0) is 20.6. The Hall–Kier alpha value is -0.973. The van der Waals surface area contributed by atoms with Crippen LogP contribution < -0.4 is 4.74 Å². The highest BCUT2D eigenvalue weighted by Gasteiger charge is 2.24. The van der Waals surface area contributed by atoms with Crippen LogP contribution in [0.5, 0.6) is 5.75 Å². The first-order chi connectivity index (χ1) is 14.0. The molecule has 0 spiro atoms. The van der Waals surface area contributed by atoms with Gasteiger partial charge in [-0.25, -0.2) is 4.39 Å². The number of rotatable bonds is 9. The number of halogens is 3. The molecule has 1 saturated heterocycles. The topological polar surface area (TPSA) is 9.23 Å². The van der Waals surface area contributed by atoms with Gasteiger partial charge in [0.15, 0.2) is 11.6 Å². The third kappa shape index (κ3) is 7.04. The van der Waals surface area contributed by atoms with Crippen molar-refractivity contribution in [3.63, 3.8) is 0 Å². The lowest BCUT2D eigenvalue weighted by Crippen LogP contribution is -2.20. The Bertz CT molecular complexity index is 608. The molecule has 0 unspecified atom stereocenters. The standard InChI is InChI=1S/C24H37F3OSi/c1-2-29-15-13-19(14-16-29)6-4-3-5-18-7-9-20(10-8-18)21-11-12-23(22(25)17-21)28-24(26)27/h11-12,17-20,24,29H,2-10,13-16H2,1H3/t18-,19-,20-,29-. The smallest absolute Gasteiger partial charge is 0.387 e. The van der Waals surface area contributed by atoms with Crippen molar-refractivity contribution in [1.82, 2.24) is 0 Å². The van der Waals surface area contributed by atoms with E-state index in [2.05, 4.69) is 11.7 Å². The predicted octanol–water partition coefficient (Wildman–Crippen LogP) is 7.92. The SMILES string of the molecule is CC[Si@H]1CC[C@H](CCCC[C@H]2CC[C@H](c3ccc(OC(F)F)c(F)c3)CC2)CC1. The van der Waals surface area contributed by atoms with Gasteiger partial charge in [0, 0.05) is 8.80 Å². The van der Waals surface area contributed by atoms with E-state index < -0.39 is 12.4 Å². The summed E-state index contributed by atoms with van der Waals surface area (Å²) in [4.78, 5) is 0. The number of unbranched alkanes of at least 4 members (excludes halogenated alkanes) is 1. The lowest BCUT2D eigenvalue weighted by Gasteiger charge is -2.29. The van der Waals surface area contributed by atoms with Gasteiger partial charge < -0.3 is 4.74 Å². The minimum Gasteiger partial charge on any atom is -0.432 e. The average Bonchev–Trinajstić information content (AvgIpc) is 2.73. The second-order valence-electron chi connectivity index (χ2n) is 9.37. The molecule has 164 valence electrons. The first-order valence-electron chi connectivity index (χ1n) is 11.8. The molecule has 1 heterocycles. The highest BCUT2D eigenvalue weighted by atomic mass is 28.3. The second kappa shape index (κ2) is 11.4. The van der Waals surface area contributed by atoms with Crippen LogP contribution in [0.1, 0.15) is 82.6 Å². The van der Waals surface area contributed by atoms with Crippen molar-refractivity contribution in [1.29, 1.82) is 0 Å². The first-order valence-corrected chi connectivity index (χ1v) is 14.2. The third-order valence-electron chi connectivity index (χ3n) is 7.51. The summed E-state index contributed by atoms with van der Waals surface area (Å²) in [5, 5.41) is 0. The van der Waals surface area contributed by atoms with Crippen LogP contribution in [0.25, 0.3) is 0 Å². The second-order valence-corrected chi connectivity index (χ2v) is 13.1. The van der Waals surface area contributed by atoms with Crippen LogP contribution in [-0.2, 0) is 0 Å². The third-order valence-corrected chi connectivity index (χ3v) is 11.0. The molecule has 2 aliphatic rings. The normalized spacial score (nSPS) is 27.9. The fraction of sp³-hybridized carbons (Fsp3) is 0.750. The summed E-state index contributed by atoms with van der Waals surface area (Å²) in [5.74, 6) is 1.12. The van der Waals surface area contributed by atoms with Crippen LogP contribution in [0.4, 0.5) is 13.2 Å². The van der Waals surface area contributed by atoms with E-state index in [1.807, 2.05) is 0 Å². The van der Waals surface area contributed by atoms with Crippen molar-refractivity contribution in [2.24, 2.45) is 11.8 Å². The van der Waals surface area contributed by atoms with E-state index in [1.165, 1.54) is 69.5 Å². The average molecular weight is 427 g/mol. The van der Waals surface area contributed by atoms with E-state index in [4.69, 9.17) is 0 Å². The zero-order valence-electron chi connectivity index (χ0n) is 17.9. The van der Waals surface area contributed by atoms with Crippen molar-refractivity contribution in [2.45, 2.75) is 102 Å². The Kier molecular flexibility index (Phi) is 8.95. The molecule has 2 fully saturated rings. The molecule has 3 rings (SSSR count). The van der Waals surface area contributed by atoms with E-state index in [1.54, 1.807) is 18.2 Å². The van der Waals surface area contributed by atoms with Crippen LogP contribution >= 0.6 is 0 Å². The van der Waals surface area contributed by atoms with Gasteiger partial charge >= 0.3 is 6.61 Å². The van der Waals surface area contributed by atoms with Crippen molar-refractivity contribution < 1.29 is 17.9 Å². The highest BCUT2D eigenvalue weighted by Crippen LogP contribution is 2.39. The lowest BCUT2D eigenvalue weighted by molar-refractivity contribution is -0.0522. The summed E-state index contributed by atoms with van der Waals surface area (Å²) in [7, 11) is -0.317. The van der Waals surface area contributed by atoms with Crippen molar-refractivity contribution >= 4 is 8.80 Å². The monoisotopic (exact) mass is 426 g/mol. The van der Waals surface area contributed by atoms with Gasteiger partial charge in [0.25, 0.3) is 0 Å². The van der Waals surface area contributed by atoms with Gasteiger partial charge in [-0.2, -0.15) is 8.78 Å². The van der Waals surface area contributed by atoms with Gasteiger partial charge in [0.2, 0.25) is 0 Å². The van der Waals surface area contributed by atoms with Crippen LogP contribution in [-0.4, -0.2) is 15.4 Å². The maximum absolute atomic E-state index is 14.0. The van der Waals surface area contributed by atoms with Crippen molar-refractivity contribution in [3.05, 3.63) is 29.6 Å². The first kappa shape index (κ1) is 22.7. The molecular weight excluding hydrogens is 389 g/mol. The summed E-state index contributed by atoms with van der Waals surface area (Å²) in [5.41, 5.74) is 0.925. The molecule has 1 aliphatic carbocycles. The summed E-state index contributed by atoms with van der Waals surface area (Å²) < 4.78 is 42.7. The molecule has 1 aliphatic heterocycles. The van der Waals surface area contributed by atoms with Gasteiger partial charge in [0.05, 0.1) is 0 Å². The van der Waals surface area contributed by atoms with Gasteiger partial charge in [-0.1, -0.05) is 69.6 Å². The summed E-state index contributed by atoms with van der Waals surface area (Å²) in [6.07, 6.45) is 13.1. The minimum absolute atomic E-state index is 0.317. The van der Waals surface area contributed by atoms with Gasteiger partial charge in [-0.3, -0.25) is 0 Å². The molecule has 29 heavy (non-hydrogen) atoms. The number of benzene rings is 1. The summed E-state index contributed by atoms with van der Waals surface area (Å²) >= 11 is 0. The number of ether oxygens (including phenoxy) is 1. The number of alkyl halides is 2. The Balaban J connectivity index is 1.33. The molecule has 1 aromatic rings. The van der Waals surface area contributed by atoms with E-state index in [0.29, 0.717) is 5.92 Å². The minimum atomic E-state index is -2.99. The largest absolute Gasteiger partial charge is 0.432 e. The molecule has 1 aromatic carbocycles. The molecular formula is C24H37F3OSi. The maximum atomic E-state index is 14.0. The molecule has 1 saturated carbocycles. The number of hydrogen-bond acceptors (Lipinski definition) is 1. The van der Waals surface area contributed by atoms with E-state index in [9.17, 15) is 13.2 Å². The molecule has 0 amide bonds. The van der Waals surface area contributed by atoms with E-state index in [-0.39, 0.29) is 14.5 Å². The van der Waals surface area contributed by atoms with Crippen LogP contribution in [0.2, 0.25) is 18.1 Å². The van der Waals surface area contributed by atoms with Crippen molar-refractivity contribution in [3.8, 4) is 5.75 Å². The van der Waals surface area contributed by atoms with Crippen LogP contribution in [0, 0.1) is 17.7 Å².